The fourth-order valence-corrected chi connectivity index (χ4v) is 4.61. The molecule has 0 aromatic heterocycles. The molecule has 2 heterocycles. The minimum absolute atomic E-state index is 0.0611. The van der Waals surface area contributed by atoms with Gasteiger partial charge in [0.05, 0.1) is 27.2 Å². The molecule has 0 atom stereocenters. The van der Waals surface area contributed by atoms with Gasteiger partial charge in [-0.2, -0.15) is 13.2 Å². The van der Waals surface area contributed by atoms with E-state index >= 15 is 0 Å². The Kier molecular flexibility index (Phi) is 5.62. The van der Waals surface area contributed by atoms with Crippen LogP contribution in [0.15, 0.2) is 36.4 Å². The van der Waals surface area contributed by atoms with Gasteiger partial charge in [0.15, 0.2) is 5.78 Å². The maximum Gasteiger partial charge on any atom is 0.417 e. The maximum absolute atomic E-state index is 13.7. The summed E-state index contributed by atoms with van der Waals surface area (Å²) in [5.41, 5.74) is -0.266. The predicted octanol–water partition coefficient (Wildman–Crippen LogP) is 6.67. The summed E-state index contributed by atoms with van der Waals surface area (Å²) in [5.74, 6) is -0.805. The number of carbonyl (C=O) groups is 1. The Labute approximate surface area is 190 Å². The van der Waals surface area contributed by atoms with Gasteiger partial charge in [-0.15, -0.1) is 0 Å². The van der Waals surface area contributed by atoms with Crippen LogP contribution < -0.4 is 0 Å². The second-order valence-corrected chi connectivity index (χ2v) is 8.78. The van der Waals surface area contributed by atoms with Crippen LogP contribution in [0.5, 0.6) is 0 Å². The average molecular weight is 497 g/mol. The molecule has 1 saturated heterocycles. The van der Waals surface area contributed by atoms with E-state index in [1.54, 1.807) is 16.6 Å². The molecule has 158 valence electrons. The molecular weight excluding hydrogens is 485 g/mol. The molecule has 0 bridgehead atoms. The number of fused-ring (bicyclic) bond motifs is 2. The van der Waals surface area contributed by atoms with Gasteiger partial charge in [0, 0.05) is 18.7 Å². The van der Waals surface area contributed by atoms with Crippen molar-refractivity contribution < 1.29 is 22.7 Å². The Balaban J connectivity index is 1.69. The van der Waals surface area contributed by atoms with Crippen molar-refractivity contribution in [2.24, 2.45) is 0 Å². The number of ether oxygens (including phenoxy) is 1. The van der Waals surface area contributed by atoms with Crippen molar-refractivity contribution in [2.75, 3.05) is 13.1 Å². The zero-order valence-electron chi connectivity index (χ0n) is 15.0. The van der Waals surface area contributed by atoms with Crippen molar-refractivity contribution in [1.82, 2.24) is 4.42 Å². The normalized spacial score (nSPS) is 18.4. The molecular formula is C20H12Cl4F3NO2. The largest absolute Gasteiger partial charge is 0.417 e. The van der Waals surface area contributed by atoms with Crippen LogP contribution >= 0.6 is 46.6 Å². The molecule has 0 amide bonds. The molecule has 2 aromatic rings. The van der Waals surface area contributed by atoms with E-state index in [1.807, 2.05) is 0 Å². The lowest BCUT2D eigenvalue weighted by molar-refractivity contribution is -0.112. The van der Waals surface area contributed by atoms with E-state index in [-0.39, 0.29) is 32.8 Å². The van der Waals surface area contributed by atoms with Gasteiger partial charge in [0.2, 0.25) is 0 Å². The second kappa shape index (κ2) is 7.69. The Bertz CT molecular complexity index is 1060. The Hall–Kier alpha value is -1.28. The molecule has 3 nitrogen and oxygen atoms in total. The van der Waals surface area contributed by atoms with Crippen LogP contribution in [0.25, 0.3) is 5.57 Å². The molecule has 0 N–H and O–H groups in total. The summed E-state index contributed by atoms with van der Waals surface area (Å²) in [7, 11) is 0. The van der Waals surface area contributed by atoms with Crippen LogP contribution in [-0.4, -0.2) is 29.5 Å². The van der Waals surface area contributed by atoms with Crippen molar-refractivity contribution >= 4 is 57.9 Å². The monoisotopic (exact) mass is 495 g/mol. The van der Waals surface area contributed by atoms with E-state index < -0.39 is 23.1 Å². The fraction of sp³-hybridized carbons (Fsp3) is 0.250. The highest BCUT2D eigenvalue weighted by Gasteiger charge is 2.49. The van der Waals surface area contributed by atoms with Crippen LogP contribution in [0.4, 0.5) is 13.2 Å². The number of halogens is 7. The summed E-state index contributed by atoms with van der Waals surface area (Å²) in [6.07, 6.45) is -4.27. The summed E-state index contributed by atoms with van der Waals surface area (Å²) >= 11 is 23.5. The SMILES string of the molecule is O=C(/C=C(/c1cc(Cl)c(Cl)c(Cl)c1)C(F)(F)F)c1ccc2c(c1)COC21CN(Cl)C1. The number of nitrogens with zero attached hydrogens (tertiary/aromatic N) is 1. The van der Waals surface area contributed by atoms with Gasteiger partial charge in [-0.25, -0.2) is 4.42 Å². The van der Waals surface area contributed by atoms with Gasteiger partial charge in [-0.1, -0.05) is 46.9 Å². The summed E-state index contributed by atoms with van der Waals surface area (Å²) < 4.78 is 48.4. The van der Waals surface area contributed by atoms with E-state index in [1.165, 1.54) is 6.07 Å². The number of allylic oxidation sites excluding steroid dienone is 2. The standard InChI is InChI=1S/C20H12Cl4F3NO2/c21-15-4-11(5-16(22)18(15)23)14(20(25,26)27)6-17(29)10-1-2-13-12(3-10)7-30-19(13)8-28(24)9-19/h1-6H,7-9H2/b14-6-. The quantitative estimate of drug-likeness (QED) is 0.206. The molecule has 2 aromatic carbocycles. The third-order valence-electron chi connectivity index (χ3n) is 5.11. The molecule has 4 rings (SSSR count). The zero-order chi connectivity index (χ0) is 21.8. The van der Waals surface area contributed by atoms with Crippen molar-refractivity contribution in [1.29, 1.82) is 0 Å². The maximum atomic E-state index is 13.7. The van der Waals surface area contributed by atoms with E-state index in [4.69, 9.17) is 51.3 Å². The molecule has 0 saturated carbocycles. The summed E-state index contributed by atoms with van der Waals surface area (Å²) in [5, 5.41) is -0.347. The van der Waals surface area contributed by atoms with Crippen LogP contribution in [0.1, 0.15) is 27.0 Å². The third-order valence-corrected chi connectivity index (χ3v) is 6.55. The van der Waals surface area contributed by atoms with E-state index in [0.717, 1.165) is 23.3 Å². The minimum Gasteiger partial charge on any atom is -0.363 e. The van der Waals surface area contributed by atoms with Crippen LogP contribution in [0, 0.1) is 0 Å². The first-order chi connectivity index (χ1) is 14.0. The number of benzene rings is 2. The topological polar surface area (TPSA) is 29.5 Å². The Morgan fingerprint density at radius 1 is 1.07 bits per heavy atom. The van der Waals surface area contributed by atoms with Gasteiger partial charge in [-0.3, -0.25) is 4.79 Å². The lowest BCUT2D eigenvalue weighted by Gasteiger charge is -2.43. The number of hydrogen-bond donors (Lipinski definition) is 0. The summed E-state index contributed by atoms with van der Waals surface area (Å²) in [6, 6.07) is 6.79. The van der Waals surface area contributed by atoms with Gasteiger partial charge in [0.25, 0.3) is 0 Å². The molecule has 30 heavy (non-hydrogen) atoms. The van der Waals surface area contributed by atoms with E-state index in [2.05, 4.69) is 0 Å². The summed E-state index contributed by atoms with van der Waals surface area (Å²) in [4.78, 5) is 12.7. The number of rotatable bonds is 3. The highest BCUT2D eigenvalue weighted by molar-refractivity contribution is 6.48. The molecule has 2 aliphatic heterocycles. The fourth-order valence-electron chi connectivity index (χ4n) is 3.63. The number of ketones is 1. The molecule has 0 aliphatic carbocycles. The Morgan fingerprint density at radius 2 is 1.70 bits per heavy atom. The first-order valence-corrected chi connectivity index (χ1v) is 10.1. The minimum atomic E-state index is -4.81. The van der Waals surface area contributed by atoms with Crippen molar-refractivity contribution in [3.8, 4) is 0 Å². The van der Waals surface area contributed by atoms with Gasteiger partial charge in [0.1, 0.15) is 5.60 Å². The lowest BCUT2D eigenvalue weighted by atomic mass is 9.86. The second-order valence-electron chi connectivity index (χ2n) is 7.11. The molecule has 0 radical (unpaired) electrons. The average Bonchev–Trinajstić information content (AvgIpc) is 3.01. The molecule has 2 aliphatic rings. The highest BCUT2D eigenvalue weighted by atomic mass is 35.5. The molecule has 1 fully saturated rings. The van der Waals surface area contributed by atoms with E-state index in [9.17, 15) is 18.0 Å². The first kappa shape index (κ1) is 21.9. The van der Waals surface area contributed by atoms with Gasteiger partial charge in [-0.05, 0) is 52.7 Å². The lowest BCUT2D eigenvalue weighted by Crippen LogP contribution is -2.54. The highest BCUT2D eigenvalue weighted by Crippen LogP contribution is 2.44. The van der Waals surface area contributed by atoms with E-state index in [0.29, 0.717) is 19.2 Å². The number of carbonyl (C=O) groups excluding carboxylic acids is 1. The zero-order valence-corrected chi connectivity index (χ0v) is 18.0. The van der Waals surface area contributed by atoms with Gasteiger partial charge < -0.3 is 4.74 Å². The van der Waals surface area contributed by atoms with Crippen LogP contribution in [0.3, 0.4) is 0 Å². The molecule has 0 unspecified atom stereocenters. The van der Waals surface area contributed by atoms with Crippen molar-refractivity contribution in [3.63, 3.8) is 0 Å². The molecule has 10 heteroatoms. The smallest absolute Gasteiger partial charge is 0.363 e. The number of hydrogen-bond acceptors (Lipinski definition) is 3. The molecule has 1 spiro atoms. The Morgan fingerprint density at radius 3 is 2.27 bits per heavy atom. The summed E-state index contributed by atoms with van der Waals surface area (Å²) in [6.45, 7) is 1.27. The van der Waals surface area contributed by atoms with Crippen LogP contribution in [0.2, 0.25) is 15.1 Å². The number of alkyl halides is 3. The van der Waals surface area contributed by atoms with Crippen molar-refractivity contribution in [3.05, 3.63) is 73.7 Å². The van der Waals surface area contributed by atoms with Gasteiger partial charge >= 0.3 is 6.18 Å². The van der Waals surface area contributed by atoms with Crippen molar-refractivity contribution in [2.45, 2.75) is 18.4 Å². The van der Waals surface area contributed by atoms with Crippen LogP contribution in [-0.2, 0) is 16.9 Å². The predicted molar refractivity (Wildman–Crippen MR) is 110 cm³/mol. The first-order valence-electron chi connectivity index (χ1n) is 8.66. The third kappa shape index (κ3) is 3.85.